The number of rotatable bonds is 5. The summed E-state index contributed by atoms with van der Waals surface area (Å²) in [4.78, 5) is 0. The van der Waals surface area contributed by atoms with E-state index in [0.29, 0.717) is 0 Å². The van der Waals surface area contributed by atoms with Gasteiger partial charge in [-0.05, 0) is 43.1 Å². The van der Waals surface area contributed by atoms with E-state index < -0.39 is 0 Å². The second-order valence-electron chi connectivity index (χ2n) is 5.71. The first-order chi connectivity index (χ1) is 8.86. The molecule has 0 spiro atoms. The van der Waals surface area contributed by atoms with Crippen LogP contribution < -0.4 is 0 Å². The van der Waals surface area contributed by atoms with E-state index in [1.165, 1.54) is 50.5 Å². The molecule has 1 fully saturated rings. The summed E-state index contributed by atoms with van der Waals surface area (Å²) in [5, 5.41) is 0. The Morgan fingerprint density at radius 3 is 2.56 bits per heavy atom. The highest BCUT2D eigenvalue weighted by molar-refractivity contribution is 5.15. The second kappa shape index (κ2) is 7.41. The predicted molar refractivity (Wildman–Crippen MR) is 79.6 cm³/mol. The molecule has 0 amide bonds. The van der Waals surface area contributed by atoms with Gasteiger partial charge in [0.1, 0.15) is 0 Å². The normalized spacial score (nSPS) is 19.2. The maximum absolute atomic E-state index is 2.46. The zero-order valence-electron chi connectivity index (χ0n) is 11.6. The SMILES string of the molecule is C[C@@H](/C=C/CCc1ccccc1)C1CCCCC1. The Hall–Kier alpha value is -1.04. The molecule has 0 N–H and O–H groups in total. The monoisotopic (exact) mass is 242 g/mol. The Morgan fingerprint density at radius 1 is 1.11 bits per heavy atom. The average molecular weight is 242 g/mol. The Kier molecular flexibility index (Phi) is 5.51. The van der Waals surface area contributed by atoms with Crippen molar-refractivity contribution in [3.05, 3.63) is 48.0 Å². The molecule has 1 aromatic carbocycles. The first kappa shape index (κ1) is 13.4. The number of hydrogen-bond donors (Lipinski definition) is 0. The fourth-order valence-electron chi connectivity index (χ4n) is 3.02. The van der Waals surface area contributed by atoms with Gasteiger partial charge in [-0.1, -0.05) is 68.7 Å². The van der Waals surface area contributed by atoms with Gasteiger partial charge in [0, 0.05) is 0 Å². The molecule has 1 aliphatic carbocycles. The maximum Gasteiger partial charge on any atom is -0.0234 e. The van der Waals surface area contributed by atoms with Crippen molar-refractivity contribution in [2.75, 3.05) is 0 Å². The molecule has 0 heteroatoms. The standard InChI is InChI=1S/C18H26/c1-16(18-14-6-3-7-15-18)10-8-9-13-17-11-4-2-5-12-17/h2,4-5,8,10-12,16,18H,3,6-7,9,13-15H2,1H3/b10-8+/t16-/m0/s1. The molecule has 0 radical (unpaired) electrons. The number of hydrogen-bond acceptors (Lipinski definition) is 0. The Balaban J connectivity index is 1.70. The van der Waals surface area contributed by atoms with Crippen LogP contribution in [0.2, 0.25) is 0 Å². The summed E-state index contributed by atoms with van der Waals surface area (Å²) in [6.07, 6.45) is 14.5. The molecule has 1 aliphatic rings. The lowest BCUT2D eigenvalue weighted by molar-refractivity contribution is 0.299. The molecule has 18 heavy (non-hydrogen) atoms. The van der Waals surface area contributed by atoms with Gasteiger partial charge >= 0.3 is 0 Å². The minimum Gasteiger partial charge on any atom is -0.0879 e. The molecule has 0 unspecified atom stereocenters. The van der Waals surface area contributed by atoms with Crippen molar-refractivity contribution in [1.82, 2.24) is 0 Å². The molecule has 2 rings (SSSR count). The molecule has 0 nitrogen and oxygen atoms in total. The van der Waals surface area contributed by atoms with Gasteiger partial charge in [0.05, 0.1) is 0 Å². The summed E-state index contributed by atoms with van der Waals surface area (Å²) < 4.78 is 0. The molecule has 0 aromatic heterocycles. The van der Waals surface area contributed by atoms with Gasteiger partial charge in [-0.15, -0.1) is 0 Å². The van der Waals surface area contributed by atoms with Crippen LogP contribution in [0.25, 0.3) is 0 Å². The van der Waals surface area contributed by atoms with Crippen LogP contribution >= 0.6 is 0 Å². The van der Waals surface area contributed by atoms with Crippen LogP contribution in [-0.4, -0.2) is 0 Å². The van der Waals surface area contributed by atoms with Crippen molar-refractivity contribution >= 4 is 0 Å². The Labute approximate surface area is 112 Å². The Morgan fingerprint density at radius 2 is 1.83 bits per heavy atom. The van der Waals surface area contributed by atoms with Crippen molar-refractivity contribution in [3.63, 3.8) is 0 Å². The van der Waals surface area contributed by atoms with Gasteiger partial charge in [0.25, 0.3) is 0 Å². The number of aryl methyl sites for hydroxylation is 1. The van der Waals surface area contributed by atoms with Crippen LogP contribution in [0.15, 0.2) is 42.5 Å². The first-order valence-electron chi connectivity index (χ1n) is 7.57. The minimum absolute atomic E-state index is 0.779. The van der Waals surface area contributed by atoms with Gasteiger partial charge in [0.2, 0.25) is 0 Å². The first-order valence-corrected chi connectivity index (χ1v) is 7.57. The van der Waals surface area contributed by atoms with E-state index in [2.05, 4.69) is 49.4 Å². The lowest BCUT2D eigenvalue weighted by Crippen LogP contribution is -2.13. The van der Waals surface area contributed by atoms with E-state index >= 15 is 0 Å². The third-order valence-corrected chi connectivity index (χ3v) is 4.28. The molecule has 0 aliphatic heterocycles. The van der Waals surface area contributed by atoms with E-state index in [1.807, 2.05) is 0 Å². The van der Waals surface area contributed by atoms with Crippen molar-refractivity contribution in [2.24, 2.45) is 11.8 Å². The topological polar surface area (TPSA) is 0 Å². The van der Waals surface area contributed by atoms with E-state index in [9.17, 15) is 0 Å². The highest BCUT2D eigenvalue weighted by atomic mass is 14.2. The van der Waals surface area contributed by atoms with Crippen LogP contribution in [0.3, 0.4) is 0 Å². The fraction of sp³-hybridized carbons (Fsp3) is 0.556. The maximum atomic E-state index is 2.46. The molecule has 0 bridgehead atoms. The largest absolute Gasteiger partial charge is 0.0879 e. The predicted octanol–water partition coefficient (Wildman–Crippen LogP) is 5.39. The summed E-state index contributed by atoms with van der Waals surface area (Å²) >= 11 is 0. The second-order valence-corrected chi connectivity index (χ2v) is 5.71. The van der Waals surface area contributed by atoms with Crippen molar-refractivity contribution < 1.29 is 0 Å². The fourth-order valence-corrected chi connectivity index (χ4v) is 3.02. The highest BCUT2D eigenvalue weighted by Crippen LogP contribution is 2.30. The molecule has 0 heterocycles. The molecular formula is C18H26. The van der Waals surface area contributed by atoms with Crippen molar-refractivity contribution in [3.8, 4) is 0 Å². The van der Waals surface area contributed by atoms with Crippen molar-refractivity contribution in [1.29, 1.82) is 0 Å². The van der Waals surface area contributed by atoms with Gasteiger partial charge in [0.15, 0.2) is 0 Å². The molecule has 1 atom stereocenters. The van der Waals surface area contributed by atoms with Gasteiger partial charge in [-0.25, -0.2) is 0 Å². The van der Waals surface area contributed by atoms with Crippen LogP contribution in [0.1, 0.15) is 51.0 Å². The van der Waals surface area contributed by atoms with Gasteiger partial charge < -0.3 is 0 Å². The summed E-state index contributed by atoms with van der Waals surface area (Å²) in [6.45, 7) is 2.40. The van der Waals surface area contributed by atoms with Crippen LogP contribution in [0, 0.1) is 11.8 Å². The number of allylic oxidation sites excluding steroid dienone is 2. The molecule has 0 saturated heterocycles. The van der Waals surface area contributed by atoms with Crippen LogP contribution in [0.5, 0.6) is 0 Å². The Bertz CT molecular complexity index is 344. The average Bonchev–Trinajstić information content (AvgIpc) is 2.45. The lowest BCUT2D eigenvalue weighted by atomic mass is 9.81. The summed E-state index contributed by atoms with van der Waals surface area (Å²) in [5.41, 5.74) is 1.45. The third kappa shape index (κ3) is 4.33. The summed E-state index contributed by atoms with van der Waals surface area (Å²) in [6, 6.07) is 10.8. The number of benzene rings is 1. The lowest BCUT2D eigenvalue weighted by Gasteiger charge is -2.25. The van der Waals surface area contributed by atoms with E-state index in [1.54, 1.807) is 0 Å². The van der Waals surface area contributed by atoms with E-state index in [0.717, 1.165) is 11.8 Å². The van der Waals surface area contributed by atoms with Gasteiger partial charge in [-0.3, -0.25) is 0 Å². The van der Waals surface area contributed by atoms with Crippen LogP contribution in [-0.2, 0) is 6.42 Å². The van der Waals surface area contributed by atoms with Gasteiger partial charge in [-0.2, -0.15) is 0 Å². The van der Waals surface area contributed by atoms with Crippen LogP contribution in [0.4, 0.5) is 0 Å². The summed E-state index contributed by atoms with van der Waals surface area (Å²) in [5.74, 6) is 1.73. The van der Waals surface area contributed by atoms with E-state index in [4.69, 9.17) is 0 Å². The third-order valence-electron chi connectivity index (χ3n) is 4.28. The quantitative estimate of drug-likeness (QED) is 0.607. The highest BCUT2D eigenvalue weighted by Gasteiger charge is 2.17. The molecule has 1 saturated carbocycles. The van der Waals surface area contributed by atoms with E-state index in [-0.39, 0.29) is 0 Å². The smallest absolute Gasteiger partial charge is 0.0234 e. The zero-order chi connectivity index (χ0) is 12.6. The minimum atomic E-state index is 0.779. The zero-order valence-corrected chi connectivity index (χ0v) is 11.6. The summed E-state index contributed by atoms with van der Waals surface area (Å²) in [7, 11) is 0. The molecular weight excluding hydrogens is 216 g/mol. The van der Waals surface area contributed by atoms with Crippen molar-refractivity contribution in [2.45, 2.75) is 51.9 Å². The molecule has 1 aromatic rings. The molecule has 98 valence electrons.